The van der Waals surface area contributed by atoms with Gasteiger partial charge in [-0.05, 0) is 61.2 Å². The number of rotatable bonds is 8. The Kier molecular flexibility index (Phi) is 12.4. The second-order valence-corrected chi connectivity index (χ2v) is 9.13. The van der Waals surface area contributed by atoms with E-state index in [1.165, 1.54) is 18.4 Å². The standard InChI is InChI=1S/C13H16O2.C10H11BrO2.C3H7BO2/c1-2-15-13(14)9-11-5-3-4-6-12(11)10-7-8-10;1-2-13-10(12)7-8-5-3-4-6-9(8)11;5-4(6)3-1-2-3/h3-6,10H,2,7-9H2,1H3;3-6H,2,7H2,1H3;3,5-6H,1-2H2. The highest BCUT2D eigenvalue weighted by atomic mass is 79.9. The molecular formula is C26H34BBrO6. The number of halogens is 1. The first-order valence-corrected chi connectivity index (χ1v) is 12.6. The van der Waals surface area contributed by atoms with Gasteiger partial charge in [0.1, 0.15) is 0 Å². The molecule has 2 aromatic rings. The van der Waals surface area contributed by atoms with Crippen LogP contribution in [0.2, 0.25) is 5.82 Å². The molecule has 34 heavy (non-hydrogen) atoms. The van der Waals surface area contributed by atoms with E-state index in [9.17, 15) is 9.59 Å². The number of carbonyl (C=O) groups excluding carboxylic acids is 2. The summed E-state index contributed by atoms with van der Waals surface area (Å²) in [6.45, 7) is 4.54. The van der Waals surface area contributed by atoms with Crippen LogP contribution in [0.4, 0.5) is 0 Å². The van der Waals surface area contributed by atoms with Gasteiger partial charge in [-0.2, -0.15) is 0 Å². The van der Waals surface area contributed by atoms with Crippen molar-refractivity contribution in [2.75, 3.05) is 13.2 Å². The summed E-state index contributed by atoms with van der Waals surface area (Å²) in [7, 11) is -1.04. The van der Waals surface area contributed by atoms with Crippen LogP contribution >= 0.6 is 15.9 Å². The van der Waals surface area contributed by atoms with E-state index in [0.717, 1.165) is 28.4 Å². The first kappa shape index (κ1) is 28.1. The van der Waals surface area contributed by atoms with Crippen molar-refractivity contribution in [1.82, 2.24) is 0 Å². The molecule has 6 nitrogen and oxygen atoms in total. The maximum absolute atomic E-state index is 11.4. The molecule has 8 heteroatoms. The van der Waals surface area contributed by atoms with E-state index < -0.39 is 7.12 Å². The van der Waals surface area contributed by atoms with Crippen molar-refractivity contribution in [3.05, 3.63) is 69.7 Å². The SMILES string of the molecule is CCOC(=O)Cc1ccccc1Br.CCOC(=O)Cc1ccccc1C1CC1.OB(O)C1CC1. The molecule has 0 atom stereocenters. The monoisotopic (exact) mass is 532 g/mol. The minimum atomic E-state index is -1.04. The van der Waals surface area contributed by atoms with Gasteiger partial charge in [-0.25, -0.2) is 0 Å². The van der Waals surface area contributed by atoms with Crippen molar-refractivity contribution in [1.29, 1.82) is 0 Å². The van der Waals surface area contributed by atoms with Crippen LogP contribution in [0.3, 0.4) is 0 Å². The summed E-state index contributed by atoms with van der Waals surface area (Å²) >= 11 is 3.37. The molecule has 0 amide bonds. The molecule has 4 rings (SSSR count). The van der Waals surface area contributed by atoms with Crippen LogP contribution in [0.5, 0.6) is 0 Å². The van der Waals surface area contributed by atoms with E-state index in [0.29, 0.717) is 32.0 Å². The quantitative estimate of drug-likeness (QED) is 0.373. The Morgan fingerprint density at radius 2 is 1.35 bits per heavy atom. The minimum Gasteiger partial charge on any atom is -0.466 e. The fourth-order valence-corrected chi connectivity index (χ4v) is 3.68. The molecule has 184 valence electrons. The van der Waals surface area contributed by atoms with Crippen molar-refractivity contribution < 1.29 is 29.1 Å². The molecule has 0 unspecified atom stereocenters. The number of esters is 2. The third kappa shape index (κ3) is 10.8. The fourth-order valence-electron chi connectivity index (χ4n) is 3.26. The predicted octanol–water partition coefficient (Wildman–Crippen LogP) is 4.85. The van der Waals surface area contributed by atoms with Gasteiger partial charge < -0.3 is 19.5 Å². The zero-order valence-electron chi connectivity index (χ0n) is 19.9. The molecule has 2 N–H and O–H groups in total. The molecule has 2 aliphatic carbocycles. The van der Waals surface area contributed by atoms with Gasteiger partial charge in [0, 0.05) is 4.47 Å². The predicted molar refractivity (Wildman–Crippen MR) is 136 cm³/mol. The number of benzene rings is 2. The lowest BCUT2D eigenvalue weighted by molar-refractivity contribution is -0.143. The molecule has 0 bridgehead atoms. The Labute approximate surface area is 210 Å². The van der Waals surface area contributed by atoms with Gasteiger partial charge in [-0.3, -0.25) is 9.59 Å². The number of hydrogen-bond donors (Lipinski definition) is 2. The molecule has 0 radical (unpaired) electrons. The van der Waals surface area contributed by atoms with Crippen LogP contribution in [0, 0.1) is 0 Å². The molecule has 0 spiro atoms. The van der Waals surface area contributed by atoms with E-state index in [1.54, 1.807) is 6.92 Å². The van der Waals surface area contributed by atoms with E-state index in [1.807, 2.05) is 49.4 Å². The molecule has 2 fully saturated rings. The largest absolute Gasteiger partial charge is 0.466 e. The zero-order valence-corrected chi connectivity index (χ0v) is 21.5. The van der Waals surface area contributed by atoms with Gasteiger partial charge in [0.05, 0.1) is 26.1 Å². The van der Waals surface area contributed by atoms with Crippen molar-refractivity contribution in [2.45, 2.75) is 64.1 Å². The van der Waals surface area contributed by atoms with E-state index in [-0.39, 0.29) is 17.8 Å². The summed E-state index contributed by atoms with van der Waals surface area (Å²) in [5.41, 5.74) is 3.44. The maximum Gasteiger partial charge on any atom is 0.454 e. The van der Waals surface area contributed by atoms with E-state index in [4.69, 9.17) is 19.5 Å². The van der Waals surface area contributed by atoms with Crippen LogP contribution < -0.4 is 0 Å². The van der Waals surface area contributed by atoms with Gasteiger partial charge in [0.15, 0.2) is 0 Å². The molecule has 0 saturated heterocycles. The van der Waals surface area contributed by atoms with Gasteiger partial charge in [0.25, 0.3) is 0 Å². The topological polar surface area (TPSA) is 93.1 Å². The van der Waals surface area contributed by atoms with Crippen LogP contribution in [0.1, 0.15) is 62.1 Å². The summed E-state index contributed by atoms with van der Waals surface area (Å²) < 4.78 is 10.8. The molecular weight excluding hydrogens is 499 g/mol. The second-order valence-electron chi connectivity index (χ2n) is 8.28. The summed E-state index contributed by atoms with van der Waals surface area (Å²) in [6.07, 6.45) is 5.27. The second kappa shape index (κ2) is 15.0. The highest BCUT2D eigenvalue weighted by Gasteiger charge is 2.33. The molecule has 0 heterocycles. The number of hydrogen-bond acceptors (Lipinski definition) is 6. The normalized spacial score (nSPS) is 14.0. The first-order chi connectivity index (χ1) is 16.3. The van der Waals surface area contributed by atoms with Crippen LogP contribution in [-0.2, 0) is 31.9 Å². The summed E-state index contributed by atoms with van der Waals surface area (Å²) in [4.78, 5) is 22.5. The van der Waals surface area contributed by atoms with Crippen LogP contribution in [0.25, 0.3) is 0 Å². The number of ether oxygens (including phenoxy) is 2. The third-order valence-electron chi connectivity index (χ3n) is 5.35. The van der Waals surface area contributed by atoms with Crippen molar-refractivity contribution in [2.24, 2.45) is 0 Å². The van der Waals surface area contributed by atoms with Crippen molar-refractivity contribution in [3.63, 3.8) is 0 Å². The van der Waals surface area contributed by atoms with Gasteiger partial charge in [-0.15, -0.1) is 0 Å². The number of carbonyl (C=O) groups is 2. The summed E-state index contributed by atoms with van der Waals surface area (Å²) in [5, 5.41) is 16.5. The van der Waals surface area contributed by atoms with Crippen LogP contribution in [-0.4, -0.2) is 42.3 Å². The Hall–Kier alpha value is -2.16. The highest BCUT2D eigenvalue weighted by Crippen LogP contribution is 2.41. The van der Waals surface area contributed by atoms with Crippen molar-refractivity contribution >= 4 is 35.0 Å². The Morgan fingerprint density at radius 3 is 1.79 bits per heavy atom. The Morgan fingerprint density at radius 1 is 0.853 bits per heavy atom. The summed E-state index contributed by atoms with van der Waals surface area (Å²) in [5.74, 6) is 0.598. The lowest BCUT2D eigenvalue weighted by Gasteiger charge is -2.07. The zero-order chi connectivity index (χ0) is 24.9. The smallest absolute Gasteiger partial charge is 0.454 e. The lowest BCUT2D eigenvalue weighted by Crippen LogP contribution is -2.09. The van der Waals surface area contributed by atoms with Gasteiger partial charge >= 0.3 is 19.1 Å². The first-order valence-electron chi connectivity index (χ1n) is 11.8. The van der Waals surface area contributed by atoms with Crippen molar-refractivity contribution in [3.8, 4) is 0 Å². The lowest BCUT2D eigenvalue weighted by atomic mass is 9.84. The minimum absolute atomic E-state index is 0.120. The molecule has 0 aromatic heterocycles. The Balaban J connectivity index is 0.000000195. The average molecular weight is 533 g/mol. The highest BCUT2D eigenvalue weighted by molar-refractivity contribution is 9.10. The fraction of sp³-hybridized carbons (Fsp3) is 0.462. The molecule has 0 aliphatic heterocycles. The van der Waals surface area contributed by atoms with E-state index >= 15 is 0 Å². The summed E-state index contributed by atoms with van der Waals surface area (Å²) in [6, 6.07) is 15.8. The molecule has 2 saturated carbocycles. The maximum atomic E-state index is 11.4. The molecule has 2 aromatic carbocycles. The Bertz CT molecular complexity index is 912. The average Bonchev–Trinajstić information content (AvgIpc) is 3.70. The van der Waals surface area contributed by atoms with Crippen LogP contribution in [0.15, 0.2) is 53.0 Å². The molecule has 2 aliphatic rings. The third-order valence-corrected chi connectivity index (χ3v) is 6.13. The van der Waals surface area contributed by atoms with Gasteiger partial charge in [0.2, 0.25) is 0 Å². The van der Waals surface area contributed by atoms with E-state index in [2.05, 4.69) is 22.0 Å². The van der Waals surface area contributed by atoms with Gasteiger partial charge in [-0.1, -0.05) is 71.2 Å².